The molecule has 9 aromatic carbocycles. The van der Waals surface area contributed by atoms with E-state index in [-0.39, 0.29) is 6.71 Å². The Balaban J connectivity index is 1.11. The van der Waals surface area contributed by atoms with Gasteiger partial charge < -0.3 is 9.80 Å². The van der Waals surface area contributed by atoms with Crippen LogP contribution in [0.1, 0.15) is 72.2 Å². The van der Waals surface area contributed by atoms with E-state index >= 15 is 0 Å². The van der Waals surface area contributed by atoms with E-state index in [1.165, 1.54) is 121 Å². The molecule has 0 saturated carbocycles. The van der Waals surface area contributed by atoms with Crippen LogP contribution in [-0.2, 0) is 5.41 Å². The standard InChI is InChI=1S/C65H49BN2S/c1-40(2)43-32-34-48(42-20-8-5-9-21-42)52(36-43)44-33-35-56-57(37-44)67(46-22-10-6-11-23-46)58-38-45(41(3)4)39-59-61(58)66(56)64-62(68(59)47-24-12-7-13-25-47)60-51-28-16-19-31-55(51)65(63(60)69-64)53-29-17-14-26-49(53)50-27-15-18-30-54(50)65/h5-41H,1-4H3. The number of hydrogen-bond donors (Lipinski definition) is 0. The van der Waals surface area contributed by atoms with Gasteiger partial charge in [-0.05, 0) is 132 Å². The summed E-state index contributed by atoms with van der Waals surface area (Å²) < 4.78 is 1.40. The number of hydrogen-bond acceptors (Lipinski definition) is 3. The zero-order valence-corrected chi connectivity index (χ0v) is 40.1. The second-order valence-corrected chi connectivity index (χ2v) is 21.0. The van der Waals surface area contributed by atoms with Crippen molar-refractivity contribution in [2.24, 2.45) is 0 Å². The summed E-state index contributed by atoms with van der Waals surface area (Å²) in [4.78, 5) is 6.66. The average Bonchev–Trinajstić information content (AvgIpc) is 4.03. The molecule has 2 aliphatic heterocycles. The monoisotopic (exact) mass is 900 g/mol. The lowest BCUT2D eigenvalue weighted by atomic mass is 9.36. The molecule has 2 aliphatic carbocycles. The Bertz CT molecular complexity index is 3660. The van der Waals surface area contributed by atoms with Crippen molar-refractivity contribution in [3.8, 4) is 44.5 Å². The SMILES string of the molecule is CC(C)c1ccc(-c2ccccc2)c(-c2ccc3c(c2)N(c2ccccc2)c2cc(C(C)C)cc4c2B3c2sc3c(c2N4c2ccccc2)-c2ccccc2C32c3ccccc3-c3ccccc32)c1. The van der Waals surface area contributed by atoms with Crippen LogP contribution in [0.25, 0.3) is 44.5 Å². The molecule has 2 nitrogen and oxygen atoms in total. The Kier molecular flexibility index (Phi) is 8.89. The van der Waals surface area contributed by atoms with Crippen LogP contribution >= 0.6 is 11.3 Å². The lowest BCUT2D eigenvalue weighted by Crippen LogP contribution is -2.60. The van der Waals surface area contributed by atoms with Crippen LogP contribution in [0.3, 0.4) is 0 Å². The molecule has 0 N–H and O–H groups in total. The lowest BCUT2D eigenvalue weighted by Gasteiger charge is -2.44. The normalized spacial score (nSPS) is 14.1. The third kappa shape index (κ3) is 5.61. The first-order chi connectivity index (χ1) is 33.9. The van der Waals surface area contributed by atoms with E-state index in [9.17, 15) is 0 Å². The van der Waals surface area contributed by atoms with E-state index in [0.717, 1.165) is 5.69 Å². The van der Waals surface area contributed by atoms with Gasteiger partial charge >= 0.3 is 0 Å². The van der Waals surface area contributed by atoms with Crippen molar-refractivity contribution in [2.45, 2.75) is 44.9 Å². The number of rotatable bonds is 6. The Morgan fingerprint density at radius 1 is 0.420 bits per heavy atom. The molecule has 4 aliphatic rings. The van der Waals surface area contributed by atoms with Crippen molar-refractivity contribution < 1.29 is 0 Å². The van der Waals surface area contributed by atoms with Crippen molar-refractivity contribution in [3.63, 3.8) is 0 Å². The van der Waals surface area contributed by atoms with Crippen LogP contribution in [0.5, 0.6) is 0 Å². The van der Waals surface area contributed by atoms with Gasteiger partial charge in [0.2, 0.25) is 0 Å². The summed E-state index contributed by atoms with van der Waals surface area (Å²) >= 11 is 2.06. The lowest BCUT2D eigenvalue weighted by molar-refractivity contribution is 0.811. The van der Waals surface area contributed by atoms with E-state index < -0.39 is 5.41 Å². The van der Waals surface area contributed by atoms with Crippen LogP contribution in [0.4, 0.5) is 34.1 Å². The average molecular weight is 901 g/mol. The summed E-state index contributed by atoms with van der Waals surface area (Å²) in [5, 5.41) is 0. The van der Waals surface area contributed by atoms with Crippen molar-refractivity contribution >= 4 is 67.9 Å². The molecule has 0 saturated heterocycles. The first-order valence-corrected chi connectivity index (χ1v) is 25.4. The van der Waals surface area contributed by atoms with Crippen molar-refractivity contribution in [2.75, 3.05) is 9.80 Å². The fourth-order valence-corrected chi connectivity index (χ4v) is 14.2. The summed E-state index contributed by atoms with van der Waals surface area (Å²) in [6.45, 7) is 9.28. The smallest absolute Gasteiger partial charge is 0.264 e. The van der Waals surface area contributed by atoms with E-state index in [0.29, 0.717) is 11.8 Å². The molecule has 1 spiro atoms. The van der Waals surface area contributed by atoms with Gasteiger partial charge in [-0.25, -0.2) is 0 Å². The zero-order chi connectivity index (χ0) is 46.1. The number of benzene rings is 9. The largest absolute Gasteiger partial charge is 0.311 e. The predicted molar refractivity (Wildman–Crippen MR) is 294 cm³/mol. The van der Waals surface area contributed by atoms with Crippen LogP contribution in [0, 0.1) is 0 Å². The molecule has 1 aromatic heterocycles. The second kappa shape index (κ2) is 15.2. The Morgan fingerprint density at radius 3 is 1.58 bits per heavy atom. The Hall–Kier alpha value is -7.66. The molecule has 14 rings (SSSR count). The number of para-hydroxylation sites is 2. The first kappa shape index (κ1) is 40.4. The number of thiophene rings is 1. The fraction of sp³-hybridized carbons (Fsp3) is 0.108. The van der Waals surface area contributed by atoms with Gasteiger partial charge in [0, 0.05) is 43.7 Å². The van der Waals surface area contributed by atoms with Crippen molar-refractivity contribution in [1.82, 2.24) is 0 Å². The van der Waals surface area contributed by atoms with Crippen LogP contribution < -0.4 is 25.5 Å². The van der Waals surface area contributed by atoms with Crippen molar-refractivity contribution in [1.29, 1.82) is 0 Å². The van der Waals surface area contributed by atoms with E-state index in [1.54, 1.807) is 0 Å². The highest BCUT2D eigenvalue weighted by Crippen LogP contribution is 2.67. The Labute approximate surface area is 409 Å². The molecular formula is C65H49BN2S. The summed E-state index contributed by atoms with van der Waals surface area (Å²) in [5.74, 6) is 0.693. The maximum absolute atomic E-state index is 2.65. The van der Waals surface area contributed by atoms with E-state index in [1.807, 2.05) is 0 Å². The van der Waals surface area contributed by atoms with Gasteiger partial charge in [0.25, 0.3) is 6.71 Å². The maximum Gasteiger partial charge on any atom is 0.264 e. The minimum Gasteiger partial charge on any atom is -0.311 e. The molecule has 0 bridgehead atoms. The predicted octanol–water partition coefficient (Wildman–Crippen LogP) is 15.8. The topological polar surface area (TPSA) is 6.48 Å². The van der Waals surface area contributed by atoms with Gasteiger partial charge in [-0.2, -0.15) is 0 Å². The molecule has 0 fully saturated rings. The Morgan fingerprint density at radius 2 is 0.957 bits per heavy atom. The molecule has 0 amide bonds. The van der Waals surface area contributed by atoms with E-state index in [4.69, 9.17) is 0 Å². The second-order valence-electron chi connectivity index (χ2n) is 19.9. The van der Waals surface area contributed by atoms with Crippen LogP contribution in [0.2, 0.25) is 0 Å². The highest BCUT2D eigenvalue weighted by atomic mass is 32.1. The molecular weight excluding hydrogens is 852 g/mol. The summed E-state index contributed by atoms with van der Waals surface area (Å²) in [5.41, 5.74) is 26.8. The molecule has 0 atom stereocenters. The number of nitrogens with zero attached hydrogens (tertiary/aromatic N) is 2. The molecule has 4 heteroatoms. The molecule has 0 radical (unpaired) electrons. The fourth-order valence-electron chi connectivity index (χ4n) is 12.5. The summed E-state index contributed by atoms with van der Waals surface area (Å²) in [6, 6.07) is 80.5. The molecule has 10 aromatic rings. The van der Waals surface area contributed by atoms with Gasteiger partial charge in [0.05, 0.1) is 11.1 Å². The molecule has 0 unspecified atom stereocenters. The maximum atomic E-state index is 2.65. The third-order valence-electron chi connectivity index (χ3n) is 15.6. The van der Waals surface area contributed by atoms with Gasteiger partial charge in [0.15, 0.2) is 0 Å². The quantitative estimate of drug-likeness (QED) is 0.153. The molecule has 328 valence electrons. The molecule has 69 heavy (non-hydrogen) atoms. The van der Waals surface area contributed by atoms with Crippen LogP contribution in [-0.4, -0.2) is 6.71 Å². The van der Waals surface area contributed by atoms with Gasteiger partial charge in [-0.1, -0.05) is 198 Å². The molecule has 3 heterocycles. The summed E-state index contributed by atoms with van der Waals surface area (Å²) in [7, 11) is 0. The number of fused-ring (bicyclic) bond motifs is 15. The highest BCUT2D eigenvalue weighted by Gasteiger charge is 2.56. The van der Waals surface area contributed by atoms with E-state index in [2.05, 4.69) is 261 Å². The van der Waals surface area contributed by atoms with Crippen LogP contribution in [0.15, 0.2) is 212 Å². The minimum absolute atomic E-state index is 0.0162. The van der Waals surface area contributed by atoms with Gasteiger partial charge in [-0.15, -0.1) is 11.3 Å². The minimum atomic E-state index is -0.450. The van der Waals surface area contributed by atoms with Gasteiger partial charge in [0.1, 0.15) is 0 Å². The van der Waals surface area contributed by atoms with Gasteiger partial charge in [-0.3, -0.25) is 0 Å². The zero-order valence-electron chi connectivity index (χ0n) is 39.2. The summed E-state index contributed by atoms with van der Waals surface area (Å²) in [6.07, 6.45) is 0. The first-order valence-electron chi connectivity index (χ1n) is 24.6. The number of anilines is 6. The van der Waals surface area contributed by atoms with Crippen molar-refractivity contribution in [3.05, 3.63) is 245 Å². The third-order valence-corrected chi connectivity index (χ3v) is 17.0. The highest BCUT2D eigenvalue weighted by molar-refractivity contribution is 7.30.